The lowest BCUT2D eigenvalue weighted by atomic mass is 9.78. The van der Waals surface area contributed by atoms with Gasteiger partial charge in [0, 0.05) is 38.6 Å². The highest BCUT2D eigenvalue weighted by atomic mass is 16.5. The highest BCUT2D eigenvalue weighted by Crippen LogP contribution is 2.37. The van der Waals surface area contributed by atoms with Crippen molar-refractivity contribution in [3.63, 3.8) is 0 Å². The zero-order valence-electron chi connectivity index (χ0n) is 11.8. The quantitative estimate of drug-likeness (QED) is 0.788. The minimum atomic E-state index is 0.482. The van der Waals surface area contributed by atoms with Gasteiger partial charge in [-0.3, -0.25) is 4.79 Å². The molecule has 1 N–H and O–H groups in total. The number of amides is 1. The topological polar surface area (TPSA) is 44.8 Å². The van der Waals surface area contributed by atoms with Gasteiger partial charge >= 0.3 is 0 Å². The Morgan fingerprint density at radius 2 is 2.15 bits per heavy atom. The van der Waals surface area contributed by atoms with Crippen LogP contribution < -0.4 is 10.2 Å². The number of likely N-dealkylation sites (N-methyl/N-ethyl adjacent to an activating group) is 1. The van der Waals surface area contributed by atoms with Crippen LogP contribution in [0.15, 0.2) is 24.3 Å². The number of para-hydroxylation sites is 2. The molecule has 2 fully saturated rings. The number of rotatable bonds is 6. The summed E-state index contributed by atoms with van der Waals surface area (Å²) in [6.45, 7) is 6.20. The van der Waals surface area contributed by atoms with Crippen molar-refractivity contribution >= 4 is 17.8 Å². The molecule has 2 aliphatic heterocycles. The lowest BCUT2D eigenvalue weighted by molar-refractivity contribution is -0.187. The number of nitrogens with zero attached hydrogens (tertiary/aromatic N) is 2. The van der Waals surface area contributed by atoms with E-state index in [2.05, 4.69) is 22.2 Å². The van der Waals surface area contributed by atoms with Crippen LogP contribution in [-0.4, -0.2) is 57.8 Å². The average molecular weight is 275 g/mol. The van der Waals surface area contributed by atoms with Crippen molar-refractivity contribution in [2.75, 3.05) is 56.7 Å². The molecule has 0 saturated carbocycles. The molecule has 3 rings (SSSR count). The van der Waals surface area contributed by atoms with Gasteiger partial charge in [0.05, 0.1) is 24.6 Å². The summed E-state index contributed by atoms with van der Waals surface area (Å²) in [7, 11) is 2.06. The fourth-order valence-corrected chi connectivity index (χ4v) is 3.04. The van der Waals surface area contributed by atoms with Crippen LogP contribution in [0.5, 0.6) is 0 Å². The molecule has 108 valence electrons. The molecule has 1 amide bonds. The van der Waals surface area contributed by atoms with Crippen molar-refractivity contribution in [1.82, 2.24) is 4.90 Å². The van der Waals surface area contributed by atoms with E-state index in [1.54, 1.807) is 0 Å². The zero-order chi connectivity index (χ0) is 14.0. The molecule has 1 aromatic rings. The number of ether oxygens (including phenoxy) is 1. The molecule has 1 aromatic carbocycles. The highest BCUT2D eigenvalue weighted by molar-refractivity contribution is 5.81. The van der Waals surface area contributed by atoms with Crippen LogP contribution in [-0.2, 0) is 9.53 Å². The molecular formula is C15H21N3O2. The fraction of sp³-hybridized carbons (Fsp3) is 0.533. The number of anilines is 2. The second kappa shape index (κ2) is 5.42. The van der Waals surface area contributed by atoms with E-state index in [0.29, 0.717) is 5.41 Å². The van der Waals surface area contributed by atoms with E-state index in [1.807, 2.05) is 24.3 Å². The second-order valence-electron chi connectivity index (χ2n) is 5.90. The number of benzene rings is 1. The van der Waals surface area contributed by atoms with Crippen molar-refractivity contribution in [2.45, 2.75) is 0 Å². The van der Waals surface area contributed by atoms with E-state index in [0.717, 1.165) is 57.2 Å². The highest BCUT2D eigenvalue weighted by Gasteiger charge is 2.48. The van der Waals surface area contributed by atoms with Gasteiger partial charge in [0.15, 0.2) is 0 Å². The normalized spacial score (nSPS) is 20.1. The summed E-state index contributed by atoms with van der Waals surface area (Å²) in [4.78, 5) is 15.3. The maximum Gasteiger partial charge on any atom is 0.211 e. The predicted octanol–water partition coefficient (Wildman–Crippen LogP) is 1.02. The molecule has 0 atom stereocenters. The van der Waals surface area contributed by atoms with Crippen molar-refractivity contribution in [1.29, 1.82) is 0 Å². The summed E-state index contributed by atoms with van der Waals surface area (Å²) in [5.74, 6) is 0. The Morgan fingerprint density at radius 1 is 1.40 bits per heavy atom. The van der Waals surface area contributed by atoms with Crippen LogP contribution in [0.25, 0.3) is 0 Å². The van der Waals surface area contributed by atoms with Crippen LogP contribution >= 0.6 is 0 Å². The fourth-order valence-electron chi connectivity index (χ4n) is 3.04. The summed E-state index contributed by atoms with van der Waals surface area (Å²) in [6, 6.07) is 7.87. The van der Waals surface area contributed by atoms with Crippen molar-refractivity contribution < 1.29 is 9.53 Å². The van der Waals surface area contributed by atoms with Gasteiger partial charge in [0.25, 0.3) is 0 Å². The van der Waals surface area contributed by atoms with E-state index in [-0.39, 0.29) is 0 Å². The Kier molecular flexibility index (Phi) is 3.63. The predicted molar refractivity (Wildman–Crippen MR) is 79.1 cm³/mol. The number of likely N-dealkylation sites (tertiary alicyclic amines) is 1. The van der Waals surface area contributed by atoms with E-state index in [4.69, 9.17) is 4.74 Å². The van der Waals surface area contributed by atoms with Gasteiger partial charge in [0.1, 0.15) is 0 Å². The van der Waals surface area contributed by atoms with Crippen LogP contribution in [0.4, 0.5) is 11.4 Å². The third-order valence-corrected chi connectivity index (χ3v) is 4.22. The average Bonchev–Trinajstić information content (AvgIpc) is 2.36. The zero-order valence-corrected chi connectivity index (χ0v) is 11.8. The molecule has 0 aliphatic carbocycles. The summed E-state index contributed by atoms with van der Waals surface area (Å²) in [5, 5.41) is 2.75. The van der Waals surface area contributed by atoms with Crippen LogP contribution in [0, 0.1) is 5.41 Å². The van der Waals surface area contributed by atoms with Crippen LogP contribution in [0.3, 0.4) is 0 Å². The van der Waals surface area contributed by atoms with Gasteiger partial charge in [-0.1, -0.05) is 12.1 Å². The molecule has 0 unspecified atom stereocenters. The smallest absolute Gasteiger partial charge is 0.211 e. The van der Waals surface area contributed by atoms with Gasteiger partial charge in [-0.2, -0.15) is 0 Å². The number of carbonyl (C=O) groups excluding carboxylic acids is 1. The Labute approximate surface area is 119 Å². The molecule has 0 bridgehead atoms. The maximum absolute atomic E-state index is 10.6. The number of hydrogen-bond donors (Lipinski definition) is 1. The SMILES string of the molecule is CN(CCN1CC2(COC2)C1)c1ccccc1NC=O. The van der Waals surface area contributed by atoms with Crippen LogP contribution in [0.2, 0.25) is 0 Å². The van der Waals surface area contributed by atoms with Gasteiger partial charge in [-0.15, -0.1) is 0 Å². The monoisotopic (exact) mass is 275 g/mol. The third kappa shape index (κ3) is 2.51. The number of nitrogens with one attached hydrogen (secondary N) is 1. The van der Waals surface area contributed by atoms with Gasteiger partial charge < -0.3 is 19.9 Å². The van der Waals surface area contributed by atoms with E-state index in [1.165, 1.54) is 0 Å². The van der Waals surface area contributed by atoms with Crippen molar-refractivity contribution in [3.8, 4) is 0 Å². The summed E-state index contributed by atoms with van der Waals surface area (Å²) < 4.78 is 5.29. The van der Waals surface area contributed by atoms with E-state index in [9.17, 15) is 4.79 Å². The molecule has 0 aromatic heterocycles. The molecule has 20 heavy (non-hydrogen) atoms. The summed E-state index contributed by atoms with van der Waals surface area (Å²) in [6.07, 6.45) is 0.725. The number of hydrogen-bond acceptors (Lipinski definition) is 4. The first-order valence-corrected chi connectivity index (χ1v) is 7.03. The van der Waals surface area contributed by atoms with Gasteiger partial charge in [0.2, 0.25) is 6.41 Å². The number of carbonyl (C=O) groups is 1. The van der Waals surface area contributed by atoms with E-state index < -0.39 is 0 Å². The first kappa shape index (κ1) is 13.4. The van der Waals surface area contributed by atoms with E-state index >= 15 is 0 Å². The van der Waals surface area contributed by atoms with Crippen LogP contribution in [0.1, 0.15) is 0 Å². The molecule has 0 radical (unpaired) electrons. The lowest BCUT2D eigenvalue weighted by Crippen LogP contribution is -2.66. The van der Waals surface area contributed by atoms with Gasteiger partial charge in [-0.05, 0) is 12.1 Å². The molecule has 2 aliphatic rings. The standard InChI is InChI=1S/C15H21N3O2/c1-17(14-5-3-2-4-13(14)16-12-19)6-7-18-8-15(9-18)10-20-11-15/h2-5,12H,6-11H2,1H3,(H,16,19). The van der Waals surface area contributed by atoms with Crippen molar-refractivity contribution in [3.05, 3.63) is 24.3 Å². The minimum Gasteiger partial charge on any atom is -0.380 e. The Hall–Kier alpha value is -1.59. The Bertz CT molecular complexity index is 480. The molecule has 2 saturated heterocycles. The molecular weight excluding hydrogens is 254 g/mol. The first-order chi connectivity index (χ1) is 9.72. The van der Waals surface area contributed by atoms with Gasteiger partial charge in [-0.25, -0.2) is 0 Å². The molecule has 5 nitrogen and oxygen atoms in total. The minimum absolute atomic E-state index is 0.482. The molecule has 2 heterocycles. The second-order valence-corrected chi connectivity index (χ2v) is 5.90. The Morgan fingerprint density at radius 3 is 2.80 bits per heavy atom. The lowest BCUT2D eigenvalue weighted by Gasteiger charge is -2.55. The Balaban J connectivity index is 1.51. The first-order valence-electron chi connectivity index (χ1n) is 7.03. The van der Waals surface area contributed by atoms with Crippen molar-refractivity contribution in [2.24, 2.45) is 5.41 Å². The molecule has 5 heteroatoms. The summed E-state index contributed by atoms with van der Waals surface area (Å²) in [5.41, 5.74) is 2.40. The third-order valence-electron chi connectivity index (χ3n) is 4.22. The largest absolute Gasteiger partial charge is 0.380 e. The molecule has 1 spiro atoms. The summed E-state index contributed by atoms with van der Waals surface area (Å²) >= 11 is 0. The maximum atomic E-state index is 10.6.